The molecule has 0 atom stereocenters. The van der Waals surface area contributed by atoms with Crippen molar-refractivity contribution in [1.29, 1.82) is 0 Å². The van der Waals surface area contributed by atoms with Gasteiger partial charge in [-0.1, -0.05) is 97.7 Å². The number of ketones is 1. The summed E-state index contributed by atoms with van der Waals surface area (Å²) in [6.45, 7) is 16.1. The number of benzene rings is 2. The Morgan fingerprint density at radius 2 is 1.13 bits per heavy atom. The molecule has 0 fully saturated rings. The second kappa shape index (κ2) is 6.21. The van der Waals surface area contributed by atoms with Crippen LogP contribution in [0.5, 0.6) is 0 Å². The summed E-state index contributed by atoms with van der Waals surface area (Å²) in [7, 11) is -2.92. The maximum absolute atomic E-state index is 12.9. The van der Waals surface area contributed by atoms with Crippen molar-refractivity contribution < 1.29 is 4.79 Å². The number of hydrogen-bond acceptors (Lipinski definition) is 1. The maximum atomic E-state index is 12.9. The van der Waals surface area contributed by atoms with Crippen LogP contribution in [0, 0.1) is 6.92 Å². The van der Waals surface area contributed by atoms with E-state index in [4.69, 9.17) is 0 Å². The Labute approximate surface area is 142 Å². The molecule has 0 aliphatic heterocycles. The van der Waals surface area contributed by atoms with E-state index in [0.29, 0.717) is 0 Å². The molecule has 0 saturated heterocycles. The van der Waals surface area contributed by atoms with Crippen LogP contribution < -0.4 is 10.4 Å². The summed E-state index contributed by atoms with van der Waals surface area (Å²) >= 11 is 0. The van der Waals surface area contributed by atoms with Crippen molar-refractivity contribution in [1.82, 2.24) is 0 Å². The first-order chi connectivity index (χ1) is 10.5. The van der Waals surface area contributed by atoms with Crippen molar-refractivity contribution in [2.45, 2.75) is 46.2 Å². The summed E-state index contributed by atoms with van der Waals surface area (Å²) in [5.74, 6) is 0.143. The minimum atomic E-state index is -1.46. The van der Waals surface area contributed by atoms with Crippen molar-refractivity contribution in [3.8, 4) is 0 Å². The quantitative estimate of drug-likeness (QED) is 0.598. The smallest absolute Gasteiger partial charge is 0.193 e. The second-order valence-electron chi connectivity index (χ2n) is 8.49. The van der Waals surface area contributed by atoms with Crippen LogP contribution in [0.1, 0.15) is 21.5 Å². The third kappa shape index (κ3) is 4.30. The zero-order valence-electron chi connectivity index (χ0n) is 15.4. The lowest BCUT2D eigenvalue weighted by Gasteiger charge is -2.24. The van der Waals surface area contributed by atoms with Crippen molar-refractivity contribution in [2.75, 3.05) is 0 Å². The van der Waals surface area contributed by atoms with E-state index in [1.54, 1.807) is 0 Å². The lowest BCUT2D eigenvalue weighted by Crippen LogP contribution is -2.45. The SMILES string of the molecule is Cc1ccc(C(=O)c2cc([Si](C)(C)C)cc([Si](C)(C)C)c2)cc1. The first-order valence-corrected chi connectivity index (χ1v) is 15.3. The van der Waals surface area contributed by atoms with E-state index in [2.05, 4.69) is 57.5 Å². The van der Waals surface area contributed by atoms with Crippen LogP contribution >= 0.6 is 0 Å². The number of carbonyl (C=O) groups excluding carboxylic acids is 1. The van der Waals surface area contributed by atoms with Crippen LogP contribution in [0.15, 0.2) is 42.5 Å². The van der Waals surface area contributed by atoms with E-state index in [1.807, 2.05) is 31.2 Å². The van der Waals surface area contributed by atoms with Crippen LogP contribution in [-0.2, 0) is 0 Å². The first kappa shape index (κ1) is 17.9. The van der Waals surface area contributed by atoms with E-state index in [0.717, 1.165) is 11.1 Å². The maximum Gasteiger partial charge on any atom is 0.193 e. The highest BCUT2D eigenvalue weighted by Gasteiger charge is 2.24. The molecule has 122 valence electrons. The zero-order chi connectivity index (χ0) is 17.4. The minimum Gasteiger partial charge on any atom is -0.289 e. The van der Waals surface area contributed by atoms with Crippen LogP contribution in [0.25, 0.3) is 0 Å². The molecule has 0 unspecified atom stereocenters. The zero-order valence-corrected chi connectivity index (χ0v) is 17.4. The summed E-state index contributed by atoms with van der Waals surface area (Å²) < 4.78 is 0. The number of hydrogen-bond donors (Lipinski definition) is 0. The van der Waals surface area contributed by atoms with Gasteiger partial charge in [0.05, 0.1) is 16.1 Å². The van der Waals surface area contributed by atoms with E-state index in [9.17, 15) is 4.79 Å². The van der Waals surface area contributed by atoms with Gasteiger partial charge in [0.25, 0.3) is 0 Å². The normalized spacial score (nSPS) is 12.3. The van der Waals surface area contributed by atoms with Gasteiger partial charge in [-0.25, -0.2) is 0 Å². The fourth-order valence-corrected chi connectivity index (χ4v) is 4.99. The highest BCUT2D eigenvalue weighted by atomic mass is 28.3. The molecule has 0 radical (unpaired) electrons. The van der Waals surface area contributed by atoms with Gasteiger partial charge in [0, 0.05) is 11.1 Å². The molecule has 0 aliphatic carbocycles. The topological polar surface area (TPSA) is 17.1 Å². The van der Waals surface area contributed by atoms with Crippen molar-refractivity contribution in [3.05, 3.63) is 59.2 Å². The van der Waals surface area contributed by atoms with E-state index >= 15 is 0 Å². The lowest BCUT2D eigenvalue weighted by molar-refractivity contribution is 0.103. The Morgan fingerprint density at radius 1 is 0.696 bits per heavy atom. The molecule has 1 nitrogen and oxygen atoms in total. The van der Waals surface area contributed by atoms with Gasteiger partial charge < -0.3 is 0 Å². The minimum absolute atomic E-state index is 0.143. The van der Waals surface area contributed by atoms with Crippen LogP contribution in [0.3, 0.4) is 0 Å². The largest absolute Gasteiger partial charge is 0.289 e. The van der Waals surface area contributed by atoms with E-state index < -0.39 is 16.1 Å². The molecule has 0 aliphatic rings. The average Bonchev–Trinajstić information content (AvgIpc) is 2.45. The average molecular weight is 341 g/mol. The molecule has 0 saturated carbocycles. The van der Waals surface area contributed by atoms with Gasteiger partial charge in [0.15, 0.2) is 5.78 Å². The van der Waals surface area contributed by atoms with Gasteiger partial charge in [-0.15, -0.1) is 0 Å². The molecule has 2 rings (SSSR count). The van der Waals surface area contributed by atoms with E-state index in [1.165, 1.54) is 15.9 Å². The molecular weight excluding hydrogens is 312 g/mol. The molecule has 23 heavy (non-hydrogen) atoms. The Balaban J connectivity index is 2.57. The van der Waals surface area contributed by atoms with Gasteiger partial charge in [0.1, 0.15) is 0 Å². The molecule has 0 bridgehead atoms. The Bertz CT molecular complexity index is 685. The molecule has 0 aromatic heterocycles. The lowest BCUT2D eigenvalue weighted by atomic mass is 10.0. The monoisotopic (exact) mass is 340 g/mol. The fraction of sp³-hybridized carbons (Fsp3) is 0.350. The highest BCUT2D eigenvalue weighted by molar-refractivity contribution is 6.91. The summed E-state index contributed by atoms with van der Waals surface area (Å²) in [5.41, 5.74) is 2.82. The molecule has 0 N–H and O–H groups in total. The summed E-state index contributed by atoms with van der Waals surface area (Å²) in [4.78, 5) is 12.9. The highest BCUT2D eigenvalue weighted by Crippen LogP contribution is 2.13. The third-order valence-electron chi connectivity index (χ3n) is 4.24. The predicted octanol–water partition coefficient (Wildman–Crippen LogP) is 4.32. The van der Waals surface area contributed by atoms with Crippen molar-refractivity contribution in [2.24, 2.45) is 0 Å². The standard InChI is InChI=1S/C20H28OSi2/c1-15-8-10-16(11-9-15)20(21)17-12-18(22(2,3)4)14-19(13-17)23(5,6)7/h8-14H,1-7H3. The van der Waals surface area contributed by atoms with Crippen molar-refractivity contribution >= 4 is 32.3 Å². The molecule has 2 aromatic carbocycles. The van der Waals surface area contributed by atoms with E-state index in [-0.39, 0.29) is 5.78 Å². The predicted molar refractivity (Wildman–Crippen MR) is 107 cm³/mol. The Kier molecular flexibility index (Phi) is 4.83. The van der Waals surface area contributed by atoms with Gasteiger partial charge >= 0.3 is 0 Å². The fourth-order valence-electron chi connectivity index (χ4n) is 2.50. The summed E-state index contributed by atoms with van der Waals surface area (Å²) in [6.07, 6.45) is 0. The molecule has 2 aromatic rings. The molecular formula is C20H28OSi2. The van der Waals surface area contributed by atoms with Gasteiger partial charge in [0.2, 0.25) is 0 Å². The number of carbonyl (C=O) groups is 1. The Morgan fingerprint density at radius 3 is 1.52 bits per heavy atom. The molecule has 3 heteroatoms. The number of aryl methyl sites for hydroxylation is 1. The molecule has 0 amide bonds. The molecule has 0 spiro atoms. The Hall–Kier alpha value is -1.46. The second-order valence-corrected chi connectivity index (χ2v) is 18.6. The summed E-state index contributed by atoms with van der Waals surface area (Å²) in [5, 5.41) is 2.76. The van der Waals surface area contributed by atoms with Crippen LogP contribution in [-0.4, -0.2) is 21.9 Å². The van der Waals surface area contributed by atoms with Gasteiger partial charge in [-0.3, -0.25) is 4.79 Å². The van der Waals surface area contributed by atoms with Crippen molar-refractivity contribution in [3.63, 3.8) is 0 Å². The van der Waals surface area contributed by atoms with Crippen LogP contribution in [0.2, 0.25) is 39.3 Å². The third-order valence-corrected chi connectivity index (χ3v) is 8.28. The van der Waals surface area contributed by atoms with Crippen LogP contribution in [0.4, 0.5) is 0 Å². The first-order valence-electron chi connectivity index (χ1n) is 8.26. The summed E-state index contributed by atoms with van der Waals surface area (Å²) in [6, 6.07) is 14.5. The molecule has 0 heterocycles. The van der Waals surface area contributed by atoms with Gasteiger partial charge in [-0.2, -0.15) is 0 Å². The number of rotatable bonds is 4. The van der Waals surface area contributed by atoms with Gasteiger partial charge in [-0.05, 0) is 6.92 Å².